The first-order chi connectivity index (χ1) is 22.9. The molecule has 1 unspecified atom stereocenters. The topological polar surface area (TPSA) is 102 Å². The molecule has 49 heavy (non-hydrogen) atoms. The Morgan fingerprint density at radius 2 is 1.90 bits per heavy atom. The molecule has 0 bridgehead atoms. The van der Waals surface area contributed by atoms with E-state index in [2.05, 4.69) is 50.9 Å². The van der Waals surface area contributed by atoms with E-state index in [0.29, 0.717) is 24.9 Å². The summed E-state index contributed by atoms with van der Waals surface area (Å²) >= 11 is 6.46. The van der Waals surface area contributed by atoms with Crippen LogP contribution < -0.4 is 9.64 Å². The lowest BCUT2D eigenvalue weighted by molar-refractivity contribution is -0.0368. The molecule has 8 nitrogen and oxygen atoms in total. The Hall–Kier alpha value is -2.11. The third-order valence-electron chi connectivity index (χ3n) is 12.3. The number of ether oxygens (including phenoxy) is 1. The summed E-state index contributed by atoms with van der Waals surface area (Å²) in [6.45, 7) is 13.5. The van der Waals surface area contributed by atoms with Gasteiger partial charge in [0.05, 0.1) is 36.3 Å². The predicted molar refractivity (Wildman–Crippen MR) is 197 cm³/mol. The second-order valence-electron chi connectivity index (χ2n) is 16.8. The predicted octanol–water partition coefficient (Wildman–Crippen LogP) is 8.46. The van der Waals surface area contributed by atoms with Crippen molar-refractivity contribution < 1.29 is 31.7 Å². The van der Waals surface area contributed by atoms with Crippen LogP contribution in [0.2, 0.25) is 23.2 Å². The molecule has 0 aromatic heterocycles. The Bertz CT molecular complexity index is 1660. The summed E-state index contributed by atoms with van der Waals surface area (Å²) in [6, 6.07) is 11.5. The van der Waals surface area contributed by atoms with Crippen LogP contribution in [0.4, 0.5) is 5.69 Å². The summed E-state index contributed by atoms with van der Waals surface area (Å²) in [5.41, 5.74) is 3.39. The minimum absolute atomic E-state index is 0.00478. The van der Waals surface area contributed by atoms with Crippen LogP contribution in [-0.4, -0.2) is 66.0 Å². The Kier molecular flexibility index (Phi) is 10.3. The lowest BCUT2D eigenvalue weighted by Crippen LogP contribution is -2.54. The van der Waals surface area contributed by atoms with Crippen molar-refractivity contribution in [2.75, 3.05) is 30.9 Å². The van der Waals surface area contributed by atoms with Gasteiger partial charge in [0.25, 0.3) is 10.1 Å². The molecule has 270 valence electrons. The van der Waals surface area contributed by atoms with E-state index in [1.165, 1.54) is 11.1 Å². The number of fused-ring (bicyclic) bond motifs is 3. The van der Waals surface area contributed by atoms with Gasteiger partial charge in [0.1, 0.15) is 5.75 Å². The molecular formula is C38H54ClNO7SSi. The minimum Gasteiger partial charge on any atom is -0.490 e. The average Bonchev–Trinajstić information content (AvgIpc) is 3.14. The third-order valence-corrected chi connectivity index (χ3v) is 17.6. The second kappa shape index (κ2) is 13.8. The van der Waals surface area contributed by atoms with Crippen LogP contribution in [0.3, 0.4) is 0 Å². The molecule has 6 rings (SSSR count). The summed E-state index contributed by atoms with van der Waals surface area (Å²) in [5, 5.41) is 10.7. The Morgan fingerprint density at radius 1 is 1.12 bits per heavy atom. The number of carbonyl (C=O) groups is 1. The number of aryl methyl sites for hydroxylation is 1. The summed E-state index contributed by atoms with van der Waals surface area (Å²) in [7, 11) is -5.73. The van der Waals surface area contributed by atoms with E-state index >= 15 is 0 Å². The number of carboxylic acids is 1. The van der Waals surface area contributed by atoms with Crippen LogP contribution in [0.15, 0.2) is 36.4 Å². The van der Waals surface area contributed by atoms with Crippen molar-refractivity contribution in [3.63, 3.8) is 0 Å². The van der Waals surface area contributed by atoms with Crippen molar-refractivity contribution >= 4 is 41.7 Å². The normalized spacial score (nSPS) is 28.1. The molecule has 2 fully saturated rings. The third kappa shape index (κ3) is 7.88. The van der Waals surface area contributed by atoms with Gasteiger partial charge >= 0.3 is 5.97 Å². The van der Waals surface area contributed by atoms with Crippen molar-refractivity contribution in [1.29, 1.82) is 0 Å². The molecule has 3 aliphatic carbocycles. The summed E-state index contributed by atoms with van der Waals surface area (Å²) < 4.78 is 43.8. The van der Waals surface area contributed by atoms with Gasteiger partial charge in [0.15, 0.2) is 8.32 Å². The van der Waals surface area contributed by atoms with Gasteiger partial charge in [-0.2, -0.15) is 8.42 Å². The zero-order chi connectivity index (χ0) is 35.4. The number of aromatic carboxylic acids is 1. The number of benzene rings is 2. The van der Waals surface area contributed by atoms with E-state index in [9.17, 15) is 18.3 Å². The van der Waals surface area contributed by atoms with Crippen molar-refractivity contribution in [2.24, 2.45) is 17.8 Å². The van der Waals surface area contributed by atoms with Crippen LogP contribution in [0.25, 0.3) is 0 Å². The first kappa shape index (κ1) is 36.7. The van der Waals surface area contributed by atoms with E-state index in [1.54, 1.807) is 12.1 Å². The number of carboxylic acid groups (broad SMARTS) is 1. The van der Waals surface area contributed by atoms with Crippen LogP contribution in [0, 0.1) is 17.8 Å². The lowest BCUT2D eigenvalue weighted by Gasteiger charge is -2.52. The highest BCUT2D eigenvalue weighted by atomic mass is 35.5. The monoisotopic (exact) mass is 731 g/mol. The van der Waals surface area contributed by atoms with Gasteiger partial charge in [-0.1, -0.05) is 44.9 Å². The number of hydrogen-bond acceptors (Lipinski definition) is 7. The minimum atomic E-state index is -3.55. The van der Waals surface area contributed by atoms with Crippen LogP contribution in [-0.2, 0) is 30.6 Å². The van der Waals surface area contributed by atoms with E-state index < -0.39 is 24.4 Å². The fourth-order valence-corrected chi connectivity index (χ4v) is 10.9. The second-order valence-corrected chi connectivity index (χ2v) is 23.6. The molecule has 1 heterocycles. The first-order valence-electron chi connectivity index (χ1n) is 18.0. The van der Waals surface area contributed by atoms with Gasteiger partial charge < -0.3 is 19.2 Å². The largest absolute Gasteiger partial charge is 0.490 e. The fourth-order valence-electron chi connectivity index (χ4n) is 8.65. The summed E-state index contributed by atoms with van der Waals surface area (Å²) in [5.74, 6) is 0.616. The van der Waals surface area contributed by atoms with E-state index in [-0.39, 0.29) is 34.1 Å². The highest BCUT2D eigenvalue weighted by Crippen LogP contribution is 2.50. The summed E-state index contributed by atoms with van der Waals surface area (Å²) in [4.78, 5) is 14.6. The zero-order valence-electron chi connectivity index (χ0n) is 30.0. The maximum atomic E-state index is 12.2. The summed E-state index contributed by atoms with van der Waals surface area (Å²) in [6.07, 6.45) is 9.28. The molecule has 6 atom stereocenters. The maximum absolute atomic E-state index is 12.2. The van der Waals surface area contributed by atoms with Gasteiger partial charge in [-0.3, -0.25) is 4.18 Å². The van der Waals surface area contributed by atoms with E-state index in [0.717, 1.165) is 87.2 Å². The van der Waals surface area contributed by atoms with Gasteiger partial charge in [0, 0.05) is 23.5 Å². The van der Waals surface area contributed by atoms with Gasteiger partial charge in [-0.25, -0.2) is 4.79 Å². The number of anilines is 1. The molecule has 1 spiro atoms. The standard InChI is InChI=1S/C38H54ClNO7SSi/c1-37(2,3)49(5,6)47-35(26-9-7-11-30(20-26)46-48(4,43)44)31-15-12-28(31)22-40-23-38(18-8-10-25-19-29(39)14-16-32(25)38)24-45-34-17-13-27(36(41)42)21-33(34)40/h13-14,16-17,19,21,26,28,30-31,35H,7-12,15,18,20,22-24H2,1-6H3,(H,41,42)/t26-,28+,30-,31-,35-,38?/m1/s1. The van der Waals surface area contributed by atoms with Crippen LogP contribution in [0.5, 0.6) is 5.75 Å². The molecule has 0 amide bonds. The highest BCUT2D eigenvalue weighted by Gasteiger charge is 2.49. The van der Waals surface area contributed by atoms with E-state index in [1.807, 2.05) is 12.1 Å². The lowest BCUT2D eigenvalue weighted by atomic mass is 9.65. The Balaban J connectivity index is 1.34. The van der Waals surface area contributed by atoms with Crippen LogP contribution in [0.1, 0.15) is 93.6 Å². The fraction of sp³-hybridized carbons (Fsp3) is 0.658. The smallest absolute Gasteiger partial charge is 0.335 e. The van der Waals surface area contributed by atoms with Gasteiger partial charge in [-0.05, 0) is 129 Å². The number of hydrogen-bond donors (Lipinski definition) is 1. The van der Waals surface area contributed by atoms with Gasteiger partial charge in [0.2, 0.25) is 0 Å². The SMILES string of the molecule is CC(C)(C)[Si](C)(C)O[C@H]([C@@H]1CCC[C@@H](OS(C)(=O)=O)C1)[C@@H]1CC[C@H]1CN1CC2(CCCc3cc(Cl)ccc32)COc2ccc(C(=O)O)cc21. The molecule has 1 N–H and O–H groups in total. The van der Waals surface area contributed by atoms with Crippen molar-refractivity contribution in [1.82, 2.24) is 0 Å². The first-order valence-corrected chi connectivity index (χ1v) is 23.2. The highest BCUT2D eigenvalue weighted by molar-refractivity contribution is 7.86. The number of halogens is 1. The molecule has 2 saturated carbocycles. The molecule has 0 radical (unpaired) electrons. The Morgan fingerprint density at radius 3 is 2.57 bits per heavy atom. The quantitative estimate of drug-likeness (QED) is 0.203. The van der Waals surface area contributed by atoms with Crippen molar-refractivity contribution in [2.45, 2.75) is 114 Å². The Labute approximate surface area is 299 Å². The maximum Gasteiger partial charge on any atom is 0.335 e. The van der Waals surface area contributed by atoms with Gasteiger partial charge in [-0.15, -0.1) is 0 Å². The van der Waals surface area contributed by atoms with Crippen LogP contribution >= 0.6 is 11.6 Å². The molecule has 2 aromatic carbocycles. The molecule has 2 aromatic rings. The van der Waals surface area contributed by atoms with Crippen molar-refractivity contribution in [3.05, 3.63) is 58.1 Å². The molecule has 1 aliphatic heterocycles. The molecule has 11 heteroatoms. The molecular weight excluding hydrogens is 678 g/mol. The van der Waals surface area contributed by atoms with E-state index in [4.69, 9.17) is 24.9 Å². The molecule has 0 saturated heterocycles. The number of rotatable bonds is 9. The average molecular weight is 732 g/mol. The zero-order valence-corrected chi connectivity index (χ0v) is 32.5. The number of nitrogens with zero attached hydrogens (tertiary/aromatic N) is 1. The van der Waals surface area contributed by atoms with Crippen molar-refractivity contribution in [3.8, 4) is 5.75 Å². The molecule has 4 aliphatic rings.